The highest BCUT2D eigenvalue weighted by Gasteiger charge is 2.24. The summed E-state index contributed by atoms with van der Waals surface area (Å²) in [5.41, 5.74) is 3.16. The molecule has 2 aromatic carbocycles. The van der Waals surface area contributed by atoms with Crippen LogP contribution in [-0.4, -0.2) is 23.8 Å². The van der Waals surface area contributed by atoms with Crippen molar-refractivity contribution in [3.63, 3.8) is 0 Å². The predicted molar refractivity (Wildman–Crippen MR) is 90.7 cm³/mol. The zero-order chi connectivity index (χ0) is 18.0. The normalized spacial score (nSPS) is 13.4. The van der Waals surface area contributed by atoms with Crippen LogP contribution in [0.2, 0.25) is 0 Å². The number of fused-ring (bicyclic) bond motifs is 1. The summed E-state index contributed by atoms with van der Waals surface area (Å²) in [5, 5.41) is 12.1. The lowest BCUT2D eigenvalue weighted by atomic mass is 9.97. The van der Waals surface area contributed by atoms with Crippen molar-refractivity contribution in [2.24, 2.45) is 0 Å². The first-order chi connectivity index (χ1) is 12.0. The molecule has 0 spiro atoms. The monoisotopic (exact) mass is 341 g/mol. The first-order valence-corrected chi connectivity index (χ1v) is 7.92. The fourth-order valence-corrected chi connectivity index (χ4v) is 2.81. The molecule has 0 radical (unpaired) electrons. The molecule has 25 heavy (non-hydrogen) atoms. The molecule has 1 amide bonds. The number of amides is 1. The highest BCUT2D eigenvalue weighted by molar-refractivity contribution is 5.86. The maximum atomic E-state index is 12.4. The van der Waals surface area contributed by atoms with Crippen LogP contribution in [0.3, 0.4) is 0 Å². The Kier molecular flexibility index (Phi) is 4.61. The van der Waals surface area contributed by atoms with E-state index in [0.717, 1.165) is 16.7 Å². The number of carboxylic acids is 1. The zero-order valence-corrected chi connectivity index (χ0v) is 14.0. The Labute approximate surface area is 145 Å². The van der Waals surface area contributed by atoms with Crippen LogP contribution in [0.15, 0.2) is 36.4 Å². The molecule has 1 heterocycles. The fraction of sp³-hybridized carbons (Fsp3) is 0.263. The van der Waals surface area contributed by atoms with Gasteiger partial charge in [-0.15, -0.1) is 0 Å². The Morgan fingerprint density at radius 1 is 1.16 bits per heavy atom. The second-order valence-electron chi connectivity index (χ2n) is 5.99. The van der Waals surface area contributed by atoms with Gasteiger partial charge in [0.05, 0.1) is 6.42 Å². The van der Waals surface area contributed by atoms with E-state index in [1.165, 1.54) is 0 Å². The third-order valence-electron chi connectivity index (χ3n) is 4.31. The van der Waals surface area contributed by atoms with Gasteiger partial charge in [-0.3, -0.25) is 4.79 Å². The van der Waals surface area contributed by atoms with Gasteiger partial charge in [-0.2, -0.15) is 0 Å². The Morgan fingerprint density at radius 2 is 1.92 bits per heavy atom. The summed E-state index contributed by atoms with van der Waals surface area (Å²) >= 11 is 0. The van der Waals surface area contributed by atoms with Crippen LogP contribution in [0.5, 0.6) is 11.5 Å². The largest absolute Gasteiger partial charge is 0.479 e. The first-order valence-electron chi connectivity index (χ1n) is 7.92. The number of aliphatic carboxylic acids is 1. The Hall–Kier alpha value is -3.02. The van der Waals surface area contributed by atoms with E-state index in [1.54, 1.807) is 30.3 Å². The maximum Gasteiger partial charge on any atom is 0.330 e. The van der Waals surface area contributed by atoms with Gasteiger partial charge in [0.1, 0.15) is 0 Å². The van der Waals surface area contributed by atoms with E-state index in [1.807, 2.05) is 19.9 Å². The predicted octanol–water partition coefficient (Wildman–Crippen LogP) is 2.52. The zero-order valence-electron chi connectivity index (χ0n) is 14.0. The minimum atomic E-state index is -1.09. The van der Waals surface area contributed by atoms with Crippen LogP contribution in [0, 0.1) is 13.8 Å². The molecule has 1 unspecified atom stereocenters. The minimum Gasteiger partial charge on any atom is -0.479 e. The molecule has 2 N–H and O–H groups in total. The summed E-state index contributed by atoms with van der Waals surface area (Å²) in [5.74, 6) is -0.225. The fourth-order valence-electron chi connectivity index (χ4n) is 2.81. The molecule has 6 heteroatoms. The smallest absolute Gasteiger partial charge is 0.330 e. The molecule has 6 nitrogen and oxygen atoms in total. The molecule has 130 valence electrons. The molecule has 0 aliphatic carbocycles. The van der Waals surface area contributed by atoms with Crippen molar-refractivity contribution >= 4 is 11.9 Å². The van der Waals surface area contributed by atoms with E-state index in [2.05, 4.69) is 5.32 Å². The van der Waals surface area contributed by atoms with E-state index in [4.69, 9.17) is 9.47 Å². The second kappa shape index (κ2) is 6.84. The molecule has 1 aliphatic heterocycles. The topological polar surface area (TPSA) is 84.9 Å². The average molecular weight is 341 g/mol. The molecular formula is C19H19NO5. The molecule has 2 aromatic rings. The second-order valence-corrected chi connectivity index (χ2v) is 5.99. The van der Waals surface area contributed by atoms with Gasteiger partial charge in [-0.05, 0) is 48.2 Å². The number of aryl methyl sites for hydroxylation is 1. The van der Waals surface area contributed by atoms with E-state index in [-0.39, 0.29) is 19.1 Å². The lowest BCUT2D eigenvalue weighted by molar-refractivity contribution is -0.142. The number of hydrogen-bond acceptors (Lipinski definition) is 4. The van der Waals surface area contributed by atoms with Gasteiger partial charge in [0.25, 0.3) is 0 Å². The van der Waals surface area contributed by atoms with E-state index in [9.17, 15) is 14.7 Å². The third kappa shape index (κ3) is 3.57. The average Bonchev–Trinajstić information content (AvgIpc) is 3.03. The summed E-state index contributed by atoms with van der Waals surface area (Å²) in [4.78, 5) is 24.0. The van der Waals surface area contributed by atoms with Gasteiger partial charge < -0.3 is 19.9 Å². The Morgan fingerprint density at radius 3 is 2.68 bits per heavy atom. The summed E-state index contributed by atoms with van der Waals surface area (Å²) in [6.07, 6.45) is 0.0608. The van der Waals surface area contributed by atoms with Crippen molar-refractivity contribution in [1.29, 1.82) is 0 Å². The van der Waals surface area contributed by atoms with Crippen molar-refractivity contribution in [1.82, 2.24) is 5.32 Å². The summed E-state index contributed by atoms with van der Waals surface area (Å²) in [6, 6.07) is 9.58. The molecule has 0 aromatic heterocycles. The van der Waals surface area contributed by atoms with Crippen molar-refractivity contribution < 1.29 is 24.2 Å². The number of carbonyl (C=O) groups excluding carboxylic acids is 1. The Bertz CT molecular complexity index is 831. The quantitative estimate of drug-likeness (QED) is 0.873. The number of ether oxygens (including phenoxy) is 2. The third-order valence-corrected chi connectivity index (χ3v) is 4.31. The molecule has 1 aliphatic rings. The van der Waals surface area contributed by atoms with Gasteiger partial charge in [-0.1, -0.05) is 24.3 Å². The summed E-state index contributed by atoms with van der Waals surface area (Å²) in [6.45, 7) is 3.93. The number of carbonyl (C=O) groups is 2. The number of carboxylic acid groups (broad SMARTS) is 1. The number of benzene rings is 2. The minimum absolute atomic E-state index is 0.0608. The highest BCUT2D eigenvalue weighted by Crippen LogP contribution is 2.32. The number of nitrogens with one attached hydrogen (secondary N) is 1. The van der Waals surface area contributed by atoms with Crippen molar-refractivity contribution in [2.45, 2.75) is 26.3 Å². The highest BCUT2D eigenvalue weighted by atomic mass is 16.7. The number of rotatable bonds is 5. The SMILES string of the molecule is Cc1cccc(C(NC(=O)Cc2ccc3c(c2)OCO3)C(=O)O)c1C. The lowest BCUT2D eigenvalue weighted by Gasteiger charge is -2.18. The van der Waals surface area contributed by atoms with Crippen molar-refractivity contribution in [3.8, 4) is 11.5 Å². The van der Waals surface area contributed by atoms with Crippen LogP contribution < -0.4 is 14.8 Å². The molecule has 3 rings (SSSR count). The van der Waals surface area contributed by atoms with Crippen LogP contribution in [0.25, 0.3) is 0 Å². The van der Waals surface area contributed by atoms with Crippen LogP contribution in [0.4, 0.5) is 0 Å². The van der Waals surface area contributed by atoms with Crippen LogP contribution in [-0.2, 0) is 16.0 Å². The standard InChI is InChI=1S/C19H19NO5/c1-11-4-3-5-14(12(11)2)18(19(22)23)20-17(21)9-13-6-7-15-16(8-13)25-10-24-15/h3-8,18H,9-10H2,1-2H3,(H,20,21)(H,22,23). The van der Waals surface area contributed by atoms with Crippen molar-refractivity contribution in [3.05, 3.63) is 58.7 Å². The summed E-state index contributed by atoms with van der Waals surface area (Å²) in [7, 11) is 0. The van der Waals surface area contributed by atoms with Gasteiger partial charge in [0.2, 0.25) is 12.7 Å². The van der Waals surface area contributed by atoms with Gasteiger partial charge in [-0.25, -0.2) is 4.79 Å². The van der Waals surface area contributed by atoms with Crippen molar-refractivity contribution in [2.75, 3.05) is 6.79 Å². The molecule has 0 saturated carbocycles. The first kappa shape index (κ1) is 16.8. The summed E-state index contributed by atoms with van der Waals surface area (Å²) < 4.78 is 10.5. The van der Waals surface area contributed by atoms with Gasteiger partial charge >= 0.3 is 5.97 Å². The Balaban J connectivity index is 1.75. The lowest BCUT2D eigenvalue weighted by Crippen LogP contribution is -2.35. The molecule has 1 atom stereocenters. The number of hydrogen-bond donors (Lipinski definition) is 2. The molecule has 0 saturated heterocycles. The van der Waals surface area contributed by atoms with Gasteiger partial charge in [0.15, 0.2) is 17.5 Å². The maximum absolute atomic E-state index is 12.4. The van der Waals surface area contributed by atoms with Crippen LogP contribution >= 0.6 is 0 Å². The van der Waals surface area contributed by atoms with Gasteiger partial charge in [0, 0.05) is 0 Å². The van der Waals surface area contributed by atoms with E-state index in [0.29, 0.717) is 17.1 Å². The van der Waals surface area contributed by atoms with E-state index >= 15 is 0 Å². The molecule has 0 bridgehead atoms. The van der Waals surface area contributed by atoms with Crippen LogP contribution in [0.1, 0.15) is 28.3 Å². The van der Waals surface area contributed by atoms with E-state index < -0.39 is 12.0 Å². The molecule has 0 fully saturated rings. The molecular weight excluding hydrogens is 322 g/mol.